The van der Waals surface area contributed by atoms with Crippen LogP contribution < -0.4 is 5.73 Å². The van der Waals surface area contributed by atoms with Crippen molar-refractivity contribution in [1.82, 2.24) is 10.1 Å². The lowest BCUT2D eigenvalue weighted by Crippen LogP contribution is -2.13. The highest BCUT2D eigenvalue weighted by Crippen LogP contribution is 2.11. The molecular formula is C9H17N3O2. The van der Waals surface area contributed by atoms with E-state index >= 15 is 0 Å². The van der Waals surface area contributed by atoms with Crippen molar-refractivity contribution in [2.45, 2.75) is 32.2 Å². The molecule has 0 aliphatic heterocycles. The predicted octanol–water partition coefficient (Wildman–Crippen LogP) is 1.06. The summed E-state index contributed by atoms with van der Waals surface area (Å²) in [6.07, 6.45) is 2.54. The van der Waals surface area contributed by atoms with E-state index in [0.29, 0.717) is 18.9 Å². The van der Waals surface area contributed by atoms with Gasteiger partial charge in [0, 0.05) is 20.1 Å². The van der Waals surface area contributed by atoms with Crippen molar-refractivity contribution in [2.24, 2.45) is 5.73 Å². The van der Waals surface area contributed by atoms with Crippen molar-refractivity contribution >= 4 is 0 Å². The SMILES string of the molecule is CCCc1noc(C(N)CCOC)n1. The van der Waals surface area contributed by atoms with Crippen molar-refractivity contribution in [3.63, 3.8) is 0 Å². The van der Waals surface area contributed by atoms with E-state index in [9.17, 15) is 0 Å². The Hall–Kier alpha value is -0.940. The van der Waals surface area contributed by atoms with Gasteiger partial charge in [0.15, 0.2) is 5.82 Å². The summed E-state index contributed by atoms with van der Waals surface area (Å²) in [6, 6.07) is -0.215. The lowest BCUT2D eigenvalue weighted by Gasteiger charge is -2.04. The molecule has 5 heteroatoms. The van der Waals surface area contributed by atoms with Crippen LogP contribution in [-0.2, 0) is 11.2 Å². The van der Waals surface area contributed by atoms with E-state index in [1.165, 1.54) is 0 Å². The van der Waals surface area contributed by atoms with Crippen LogP contribution in [0.2, 0.25) is 0 Å². The van der Waals surface area contributed by atoms with Gasteiger partial charge in [0.05, 0.1) is 6.04 Å². The summed E-state index contributed by atoms with van der Waals surface area (Å²) in [5.41, 5.74) is 5.81. The molecule has 1 rings (SSSR count). The Labute approximate surface area is 83.6 Å². The van der Waals surface area contributed by atoms with Gasteiger partial charge in [-0.2, -0.15) is 4.98 Å². The van der Waals surface area contributed by atoms with E-state index in [4.69, 9.17) is 15.0 Å². The Morgan fingerprint density at radius 2 is 2.36 bits per heavy atom. The number of nitrogens with zero attached hydrogens (tertiary/aromatic N) is 2. The van der Waals surface area contributed by atoms with E-state index in [1.54, 1.807) is 7.11 Å². The first-order valence-electron chi connectivity index (χ1n) is 4.85. The molecule has 2 N–H and O–H groups in total. The smallest absolute Gasteiger partial charge is 0.243 e. The fraction of sp³-hybridized carbons (Fsp3) is 0.778. The molecule has 0 saturated carbocycles. The molecule has 0 fully saturated rings. The van der Waals surface area contributed by atoms with Gasteiger partial charge in [-0.05, 0) is 12.8 Å². The second kappa shape index (κ2) is 5.72. The molecule has 0 aliphatic rings. The largest absolute Gasteiger partial charge is 0.385 e. The third-order valence-corrected chi connectivity index (χ3v) is 1.91. The maximum absolute atomic E-state index is 5.81. The van der Waals surface area contributed by atoms with E-state index < -0.39 is 0 Å². The molecular weight excluding hydrogens is 182 g/mol. The van der Waals surface area contributed by atoms with Gasteiger partial charge >= 0.3 is 0 Å². The highest BCUT2D eigenvalue weighted by molar-refractivity contribution is 4.91. The Bertz CT molecular complexity index is 262. The predicted molar refractivity (Wildman–Crippen MR) is 51.7 cm³/mol. The number of aromatic nitrogens is 2. The van der Waals surface area contributed by atoms with Gasteiger partial charge in [-0.15, -0.1) is 0 Å². The van der Waals surface area contributed by atoms with Crippen molar-refractivity contribution < 1.29 is 9.26 Å². The summed E-state index contributed by atoms with van der Waals surface area (Å²) in [4.78, 5) is 4.19. The zero-order valence-electron chi connectivity index (χ0n) is 8.69. The van der Waals surface area contributed by atoms with Crippen LogP contribution in [0.15, 0.2) is 4.52 Å². The Balaban J connectivity index is 2.48. The average molecular weight is 199 g/mol. The molecule has 1 atom stereocenters. The molecule has 80 valence electrons. The highest BCUT2D eigenvalue weighted by atomic mass is 16.5. The van der Waals surface area contributed by atoms with Crippen molar-refractivity contribution in [3.8, 4) is 0 Å². The molecule has 1 aromatic rings. The number of aryl methyl sites for hydroxylation is 1. The molecule has 5 nitrogen and oxygen atoms in total. The van der Waals surface area contributed by atoms with Crippen LogP contribution in [0.25, 0.3) is 0 Å². The van der Waals surface area contributed by atoms with Crippen molar-refractivity contribution in [3.05, 3.63) is 11.7 Å². The summed E-state index contributed by atoms with van der Waals surface area (Å²) in [5.74, 6) is 1.24. The quantitative estimate of drug-likeness (QED) is 0.741. The van der Waals surface area contributed by atoms with Gasteiger partial charge in [0.1, 0.15) is 0 Å². The first-order chi connectivity index (χ1) is 6.77. The maximum atomic E-state index is 5.81. The van der Waals surface area contributed by atoms with E-state index in [2.05, 4.69) is 17.1 Å². The summed E-state index contributed by atoms with van der Waals surface area (Å²) in [5, 5.41) is 3.83. The fourth-order valence-electron chi connectivity index (χ4n) is 1.11. The molecule has 0 aliphatic carbocycles. The molecule has 1 heterocycles. The number of hydrogen-bond acceptors (Lipinski definition) is 5. The highest BCUT2D eigenvalue weighted by Gasteiger charge is 2.13. The molecule has 1 aromatic heterocycles. The second-order valence-electron chi connectivity index (χ2n) is 3.19. The third-order valence-electron chi connectivity index (χ3n) is 1.91. The van der Waals surface area contributed by atoms with Crippen LogP contribution in [0, 0.1) is 0 Å². The molecule has 0 radical (unpaired) electrons. The Kier molecular flexibility index (Phi) is 4.55. The van der Waals surface area contributed by atoms with Crippen LogP contribution in [0.3, 0.4) is 0 Å². The van der Waals surface area contributed by atoms with E-state index in [1.807, 2.05) is 0 Å². The summed E-state index contributed by atoms with van der Waals surface area (Å²) in [7, 11) is 1.64. The van der Waals surface area contributed by atoms with Crippen molar-refractivity contribution in [2.75, 3.05) is 13.7 Å². The number of rotatable bonds is 6. The van der Waals surface area contributed by atoms with E-state index in [0.717, 1.165) is 18.7 Å². The first-order valence-corrected chi connectivity index (χ1v) is 4.85. The van der Waals surface area contributed by atoms with Gasteiger partial charge in [0.2, 0.25) is 5.89 Å². The molecule has 0 spiro atoms. The Morgan fingerprint density at radius 1 is 1.57 bits per heavy atom. The number of nitrogens with two attached hydrogens (primary N) is 1. The van der Waals surface area contributed by atoms with Crippen LogP contribution in [0.4, 0.5) is 0 Å². The fourth-order valence-corrected chi connectivity index (χ4v) is 1.11. The van der Waals surface area contributed by atoms with Gasteiger partial charge < -0.3 is 15.0 Å². The van der Waals surface area contributed by atoms with Crippen LogP contribution in [0.5, 0.6) is 0 Å². The minimum Gasteiger partial charge on any atom is -0.385 e. The first kappa shape index (κ1) is 11.1. The Morgan fingerprint density at radius 3 is 3.00 bits per heavy atom. The molecule has 0 amide bonds. The zero-order chi connectivity index (χ0) is 10.4. The maximum Gasteiger partial charge on any atom is 0.243 e. The normalized spacial score (nSPS) is 13.1. The zero-order valence-corrected chi connectivity index (χ0v) is 8.69. The second-order valence-corrected chi connectivity index (χ2v) is 3.19. The van der Waals surface area contributed by atoms with Gasteiger partial charge in [0.25, 0.3) is 0 Å². The minimum atomic E-state index is -0.215. The summed E-state index contributed by atoms with van der Waals surface area (Å²) < 4.78 is 9.95. The third kappa shape index (κ3) is 3.08. The standard InChI is InChI=1S/C9H17N3O2/c1-3-4-8-11-9(14-12-8)7(10)5-6-13-2/h7H,3-6,10H2,1-2H3. The van der Waals surface area contributed by atoms with Gasteiger partial charge in [-0.3, -0.25) is 0 Å². The average Bonchev–Trinajstić information content (AvgIpc) is 2.63. The van der Waals surface area contributed by atoms with E-state index in [-0.39, 0.29) is 6.04 Å². The lowest BCUT2D eigenvalue weighted by molar-refractivity contribution is 0.182. The van der Waals surface area contributed by atoms with Crippen LogP contribution in [-0.4, -0.2) is 23.9 Å². The molecule has 0 bridgehead atoms. The van der Waals surface area contributed by atoms with Gasteiger partial charge in [-0.1, -0.05) is 12.1 Å². The molecule has 0 saturated heterocycles. The topological polar surface area (TPSA) is 74.2 Å². The summed E-state index contributed by atoms with van der Waals surface area (Å²) in [6.45, 7) is 2.67. The van der Waals surface area contributed by atoms with Crippen LogP contribution in [0.1, 0.15) is 37.5 Å². The molecule has 0 aromatic carbocycles. The van der Waals surface area contributed by atoms with Crippen LogP contribution >= 0.6 is 0 Å². The number of methoxy groups -OCH3 is 1. The monoisotopic (exact) mass is 199 g/mol. The minimum absolute atomic E-state index is 0.215. The lowest BCUT2D eigenvalue weighted by atomic mass is 10.2. The number of hydrogen-bond donors (Lipinski definition) is 1. The van der Waals surface area contributed by atoms with Gasteiger partial charge in [-0.25, -0.2) is 0 Å². The molecule has 14 heavy (non-hydrogen) atoms. The summed E-state index contributed by atoms with van der Waals surface area (Å²) >= 11 is 0. The molecule has 1 unspecified atom stereocenters. The number of ether oxygens (including phenoxy) is 1. The van der Waals surface area contributed by atoms with Crippen molar-refractivity contribution in [1.29, 1.82) is 0 Å².